The number of hydrogen-bond acceptors (Lipinski definition) is 5. The summed E-state index contributed by atoms with van der Waals surface area (Å²) >= 11 is 0. The Kier molecular flexibility index (Phi) is 6.16. The molecular formula is C21H28FN5. The number of aromatic nitrogens is 2. The monoisotopic (exact) mass is 369 g/mol. The van der Waals surface area contributed by atoms with Crippen molar-refractivity contribution < 1.29 is 4.39 Å². The number of halogens is 1. The van der Waals surface area contributed by atoms with Crippen molar-refractivity contribution in [1.82, 2.24) is 14.9 Å². The first-order valence-electron chi connectivity index (χ1n) is 9.49. The van der Waals surface area contributed by atoms with Gasteiger partial charge >= 0.3 is 0 Å². The maximum atomic E-state index is 12.6. The molecule has 1 aromatic heterocycles. The maximum absolute atomic E-state index is 12.6. The first-order chi connectivity index (χ1) is 13.0. The van der Waals surface area contributed by atoms with E-state index < -0.39 is 0 Å². The van der Waals surface area contributed by atoms with Gasteiger partial charge in [0, 0.05) is 38.4 Å². The molecule has 0 radical (unpaired) electrons. The summed E-state index contributed by atoms with van der Waals surface area (Å²) in [6, 6.07) is 8.26. The van der Waals surface area contributed by atoms with Gasteiger partial charge in [0.05, 0.1) is 5.69 Å². The van der Waals surface area contributed by atoms with Crippen LogP contribution in [0.15, 0.2) is 29.3 Å². The van der Waals surface area contributed by atoms with Gasteiger partial charge in [-0.1, -0.05) is 24.3 Å². The Morgan fingerprint density at radius 3 is 2.44 bits per heavy atom. The van der Waals surface area contributed by atoms with E-state index in [-0.39, 0.29) is 6.67 Å². The molecule has 0 saturated carbocycles. The molecule has 0 atom stereocenters. The van der Waals surface area contributed by atoms with Gasteiger partial charge in [-0.25, -0.2) is 19.4 Å². The standard InChI is InChI=1S/C21H28FN5/c1-15-7-5-6-8-19(15)16(2)24-20-17(3)23-18(4)25-21(20)27-13-11-26(10-9-22)12-14-27/h5-8H,9-14H2,1-4H3. The third kappa shape index (κ3) is 4.50. The summed E-state index contributed by atoms with van der Waals surface area (Å²) in [7, 11) is 0. The predicted molar refractivity (Wildman–Crippen MR) is 109 cm³/mol. The minimum atomic E-state index is -0.295. The molecule has 2 aromatic rings. The Bertz CT molecular complexity index is 825. The Morgan fingerprint density at radius 1 is 1.07 bits per heavy atom. The van der Waals surface area contributed by atoms with E-state index >= 15 is 0 Å². The zero-order valence-corrected chi connectivity index (χ0v) is 16.7. The lowest BCUT2D eigenvalue weighted by Gasteiger charge is -2.35. The SMILES string of the molecule is CC(=Nc1c(C)nc(C)nc1N1CCN(CCF)CC1)c1ccccc1C. The second kappa shape index (κ2) is 8.57. The summed E-state index contributed by atoms with van der Waals surface area (Å²) < 4.78 is 12.6. The van der Waals surface area contributed by atoms with Crippen molar-refractivity contribution in [2.45, 2.75) is 27.7 Å². The summed E-state index contributed by atoms with van der Waals surface area (Å²) in [4.78, 5) is 18.6. The van der Waals surface area contributed by atoms with Gasteiger partial charge in [-0.2, -0.15) is 0 Å². The quantitative estimate of drug-likeness (QED) is 0.755. The van der Waals surface area contributed by atoms with E-state index in [0.717, 1.165) is 60.5 Å². The van der Waals surface area contributed by atoms with Crippen molar-refractivity contribution >= 4 is 17.2 Å². The van der Waals surface area contributed by atoms with E-state index in [1.165, 1.54) is 5.56 Å². The molecule has 1 aliphatic heterocycles. The molecule has 0 aliphatic carbocycles. The van der Waals surface area contributed by atoms with E-state index in [1.54, 1.807) is 0 Å². The zero-order chi connectivity index (χ0) is 19.4. The average Bonchev–Trinajstić information content (AvgIpc) is 2.65. The van der Waals surface area contributed by atoms with Crippen molar-refractivity contribution in [2.75, 3.05) is 44.3 Å². The van der Waals surface area contributed by atoms with Gasteiger partial charge in [0.2, 0.25) is 0 Å². The lowest BCUT2D eigenvalue weighted by atomic mass is 10.1. The van der Waals surface area contributed by atoms with Crippen LogP contribution in [0, 0.1) is 20.8 Å². The molecule has 1 fully saturated rings. The molecule has 0 spiro atoms. The van der Waals surface area contributed by atoms with E-state index in [9.17, 15) is 4.39 Å². The van der Waals surface area contributed by atoms with Gasteiger partial charge in [-0.15, -0.1) is 0 Å². The third-order valence-electron chi connectivity index (χ3n) is 5.04. The van der Waals surface area contributed by atoms with Crippen LogP contribution in [0.2, 0.25) is 0 Å². The van der Waals surface area contributed by atoms with Crippen LogP contribution in [-0.4, -0.2) is 60.0 Å². The number of piperazine rings is 1. The average molecular weight is 369 g/mol. The van der Waals surface area contributed by atoms with Gasteiger partial charge in [-0.3, -0.25) is 4.90 Å². The maximum Gasteiger partial charge on any atom is 0.158 e. The zero-order valence-electron chi connectivity index (χ0n) is 16.7. The molecule has 5 nitrogen and oxygen atoms in total. The third-order valence-corrected chi connectivity index (χ3v) is 5.04. The van der Waals surface area contributed by atoms with Crippen LogP contribution in [0.1, 0.15) is 29.6 Å². The summed E-state index contributed by atoms with van der Waals surface area (Å²) in [5.74, 6) is 1.63. The van der Waals surface area contributed by atoms with Gasteiger partial charge in [0.1, 0.15) is 18.2 Å². The smallest absolute Gasteiger partial charge is 0.158 e. The first kappa shape index (κ1) is 19.4. The molecule has 1 saturated heterocycles. The van der Waals surface area contributed by atoms with Crippen LogP contribution in [0.3, 0.4) is 0 Å². The number of nitrogens with zero attached hydrogens (tertiary/aromatic N) is 5. The minimum Gasteiger partial charge on any atom is -0.352 e. The molecule has 2 heterocycles. The van der Waals surface area contributed by atoms with Gasteiger partial charge in [0.15, 0.2) is 5.82 Å². The number of anilines is 1. The second-order valence-corrected chi connectivity index (χ2v) is 7.06. The molecule has 0 N–H and O–H groups in total. The Morgan fingerprint density at radius 2 is 1.78 bits per heavy atom. The van der Waals surface area contributed by atoms with Crippen LogP contribution >= 0.6 is 0 Å². The molecule has 144 valence electrons. The molecule has 3 rings (SSSR count). The van der Waals surface area contributed by atoms with Crippen LogP contribution in [0.4, 0.5) is 15.9 Å². The Labute approximate surface area is 161 Å². The number of aryl methyl sites for hydroxylation is 3. The highest BCUT2D eigenvalue weighted by Gasteiger charge is 2.22. The number of alkyl halides is 1. The molecule has 27 heavy (non-hydrogen) atoms. The first-order valence-corrected chi connectivity index (χ1v) is 9.49. The van der Waals surface area contributed by atoms with Gasteiger partial charge in [-0.05, 0) is 38.8 Å². The summed E-state index contributed by atoms with van der Waals surface area (Å²) in [5.41, 5.74) is 5.01. The van der Waals surface area contributed by atoms with Crippen molar-refractivity contribution in [3.8, 4) is 0 Å². The fourth-order valence-corrected chi connectivity index (χ4v) is 3.55. The molecule has 6 heteroatoms. The summed E-state index contributed by atoms with van der Waals surface area (Å²) in [6.45, 7) is 11.6. The molecule has 0 bridgehead atoms. The largest absolute Gasteiger partial charge is 0.352 e. The van der Waals surface area contributed by atoms with E-state index in [4.69, 9.17) is 9.98 Å². The normalized spacial score (nSPS) is 16.0. The number of rotatable bonds is 5. The Hall–Kier alpha value is -2.34. The number of hydrogen-bond donors (Lipinski definition) is 0. The predicted octanol–water partition coefficient (Wildman–Crippen LogP) is 3.63. The number of benzene rings is 1. The second-order valence-electron chi connectivity index (χ2n) is 7.06. The van der Waals surface area contributed by atoms with Crippen molar-refractivity contribution in [2.24, 2.45) is 4.99 Å². The van der Waals surface area contributed by atoms with Crippen molar-refractivity contribution in [3.63, 3.8) is 0 Å². The summed E-state index contributed by atoms with van der Waals surface area (Å²) in [6.07, 6.45) is 0. The highest BCUT2D eigenvalue weighted by molar-refractivity contribution is 6.02. The van der Waals surface area contributed by atoms with Crippen LogP contribution in [0.5, 0.6) is 0 Å². The van der Waals surface area contributed by atoms with Crippen LogP contribution in [0.25, 0.3) is 0 Å². The van der Waals surface area contributed by atoms with E-state index in [1.807, 2.05) is 32.9 Å². The molecule has 0 unspecified atom stereocenters. The highest BCUT2D eigenvalue weighted by Crippen LogP contribution is 2.31. The fraction of sp³-hybridized carbons (Fsp3) is 0.476. The molecule has 1 aromatic carbocycles. The summed E-state index contributed by atoms with van der Waals surface area (Å²) in [5, 5.41) is 0. The van der Waals surface area contributed by atoms with Crippen LogP contribution < -0.4 is 4.90 Å². The van der Waals surface area contributed by atoms with Crippen molar-refractivity contribution in [3.05, 3.63) is 46.9 Å². The molecule has 0 amide bonds. The molecular weight excluding hydrogens is 341 g/mol. The Balaban J connectivity index is 1.94. The highest BCUT2D eigenvalue weighted by atomic mass is 19.1. The van der Waals surface area contributed by atoms with E-state index in [2.05, 4.69) is 33.8 Å². The molecule has 1 aliphatic rings. The lowest BCUT2D eigenvalue weighted by Crippen LogP contribution is -2.47. The minimum absolute atomic E-state index is 0.295. The van der Waals surface area contributed by atoms with Crippen molar-refractivity contribution in [1.29, 1.82) is 0 Å². The van der Waals surface area contributed by atoms with Gasteiger partial charge in [0.25, 0.3) is 0 Å². The van der Waals surface area contributed by atoms with Crippen LogP contribution in [-0.2, 0) is 0 Å². The van der Waals surface area contributed by atoms with Gasteiger partial charge < -0.3 is 4.90 Å². The lowest BCUT2D eigenvalue weighted by molar-refractivity contribution is 0.235. The fourth-order valence-electron chi connectivity index (χ4n) is 3.55. The topological polar surface area (TPSA) is 44.6 Å². The number of aliphatic imine (C=N–C) groups is 1. The van der Waals surface area contributed by atoms with E-state index in [0.29, 0.717) is 6.54 Å².